The molecule has 1 fully saturated rings. The molecule has 30 heavy (non-hydrogen) atoms. The molecule has 1 aliphatic heterocycles. The average molecular weight is 419 g/mol. The van der Waals surface area contributed by atoms with Gasteiger partial charge in [-0.05, 0) is 41.2 Å². The first kappa shape index (κ1) is 21.0. The standard InChI is InChI=1S/C26H30N2OS/c1-29-19-24-14-8-16-28(24)27-18-25(30-20-21-9-3-2-4-10-21)17-23-13-7-12-22-11-5-6-15-26(22)23/h2-7,9-13,15,18,24-25H,8,14,16-17,19-20H2,1H3/b27-18+/t24-,25-/m0/s1. The van der Waals surface area contributed by atoms with Crippen LogP contribution in [0.3, 0.4) is 0 Å². The number of thioether (sulfide) groups is 1. The molecule has 1 aliphatic rings. The molecule has 1 heterocycles. The van der Waals surface area contributed by atoms with Gasteiger partial charge < -0.3 is 4.74 Å². The molecule has 4 heteroatoms. The van der Waals surface area contributed by atoms with Gasteiger partial charge in [0.25, 0.3) is 0 Å². The summed E-state index contributed by atoms with van der Waals surface area (Å²) in [5.74, 6) is 0.990. The number of methoxy groups -OCH3 is 1. The SMILES string of the molecule is COC[C@@H]1CCCN1/N=C/[C@H](Cc1cccc2ccccc12)SCc1ccccc1. The molecule has 4 rings (SSSR count). The van der Waals surface area contributed by atoms with Crippen LogP contribution in [0.2, 0.25) is 0 Å². The van der Waals surface area contributed by atoms with Crippen molar-refractivity contribution < 1.29 is 4.74 Å². The predicted molar refractivity (Wildman–Crippen MR) is 129 cm³/mol. The number of benzene rings is 3. The van der Waals surface area contributed by atoms with Crippen molar-refractivity contribution in [3.05, 3.63) is 83.9 Å². The van der Waals surface area contributed by atoms with Gasteiger partial charge in [0.1, 0.15) is 0 Å². The normalized spacial score (nSPS) is 17.8. The summed E-state index contributed by atoms with van der Waals surface area (Å²) in [6.07, 6.45) is 5.50. The maximum atomic E-state index is 5.39. The maximum Gasteiger partial charge on any atom is 0.0704 e. The number of hydrogen-bond acceptors (Lipinski definition) is 4. The van der Waals surface area contributed by atoms with E-state index in [1.54, 1.807) is 7.11 Å². The number of hydrazone groups is 1. The Morgan fingerprint density at radius 2 is 1.87 bits per heavy atom. The molecule has 3 nitrogen and oxygen atoms in total. The number of rotatable bonds is 9. The lowest BCUT2D eigenvalue weighted by Crippen LogP contribution is -2.29. The summed E-state index contributed by atoms with van der Waals surface area (Å²) in [7, 11) is 1.78. The third-order valence-electron chi connectivity index (χ3n) is 5.69. The van der Waals surface area contributed by atoms with Crippen molar-refractivity contribution >= 4 is 28.7 Å². The quantitative estimate of drug-likeness (QED) is 0.412. The highest BCUT2D eigenvalue weighted by molar-refractivity contribution is 7.99. The molecule has 0 saturated carbocycles. The first-order valence-corrected chi connectivity index (χ1v) is 11.8. The summed E-state index contributed by atoms with van der Waals surface area (Å²) in [6, 6.07) is 26.4. The second-order valence-electron chi connectivity index (χ2n) is 7.86. The van der Waals surface area contributed by atoms with Crippen LogP contribution < -0.4 is 0 Å². The Balaban J connectivity index is 1.52. The van der Waals surface area contributed by atoms with Gasteiger partial charge in [-0.3, -0.25) is 5.01 Å². The zero-order valence-corrected chi connectivity index (χ0v) is 18.4. The first-order valence-electron chi connectivity index (χ1n) is 10.8. The predicted octanol–water partition coefficient (Wildman–Crippen LogP) is 5.78. The van der Waals surface area contributed by atoms with E-state index in [1.165, 1.54) is 28.3 Å². The molecule has 156 valence electrons. The van der Waals surface area contributed by atoms with Crippen molar-refractivity contribution in [3.8, 4) is 0 Å². The molecule has 3 aromatic carbocycles. The van der Waals surface area contributed by atoms with Crippen molar-refractivity contribution in [2.45, 2.75) is 36.3 Å². The number of ether oxygens (including phenoxy) is 1. The molecule has 3 aromatic rings. The van der Waals surface area contributed by atoms with Crippen molar-refractivity contribution in [2.75, 3.05) is 20.3 Å². The lowest BCUT2D eigenvalue weighted by atomic mass is 10.0. The molecule has 0 bridgehead atoms. The molecule has 0 spiro atoms. The van der Waals surface area contributed by atoms with Crippen LogP contribution in [0.25, 0.3) is 10.8 Å². The summed E-state index contributed by atoms with van der Waals surface area (Å²) < 4.78 is 5.39. The lowest BCUT2D eigenvalue weighted by molar-refractivity contribution is 0.118. The smallest absolute Gasteiger partial charge is 0.0704 e. The Morgan fingerprint density at radius 1 is 1.07 bits per heavy atom. The van der Waals surface area contributed by atoms with Gasteiger partial charge in [-0.2, -0.15) is 5.10 Å². The lowest BCUT2D eigenvalue weighted by Gasteiger charge is -2.22. The van der Waals surface area contributed by atoms with Gasteiger partial charge in [0, 0.05) is 30.9 Å². The summed E-state index contributed by atoms with van der Waals surface area (Å²) in [6.45, 7) is 1.78. The monoisotopic (exact) mass is 418 g/mol. The molecule has 0 amide bonds. The van der Waals surface area contributed by atoms with E-state index >= 15 is 0 Å². The van der Waals surface area contributed by atoms with E-state index in [1.807, 2.05) is 11.8 Å². The minimum absolute atomic E-state index is 0.319. The third kappa shape index (κ3) is 5.44. The molecule has 0 N–H and O–H groups in total. The highest BCUT2D eigenvalue weighted by atomic mass is 32.2. The Hall–Kier alpha value is -2.30. The zero-order chi connectivity index (χ0) is 20.6. The van der Waals surface area contributed by atoms with Crippen molar-refractivity contribution in [1.29, 1.82) is 0 Å². The zero-order valence-electron chi connectivity index (χ0n) is 17.6. The minimum atomic E-state index is 0.319. The summed E-state index contributed by atoms with van der Waals surface area (Å²) >= 11 is 1.97. The molecule has 1 saturated heterocycles. The van der Waals surface area contributed by atoms with E-state index < -0.39 is 0 Å². The van der Waals surface area contributed by atoms with E-state index in [4.69, 9.17) is 9.84 Å². The number of nitrogens with zero attached hydrogens (tertiary/aromatic N) is 2. The van der Waals surface area contributed by atoms with E-state index in [2.05, 4.69) is 84.0 Å². The third-order valence-corrected chi connectivity index (χ3v) is 6.91. The molecular weight excluding hydrogens is 388 g/mol. The van der Waals surface area contributed by atoms with Crippen LogP contribution >= 0.6 is 11.8 Å². The van der Waals surface area contributed by atoms with Crippen molar-refractivity contribution in [2.24, 2.45) is 5.10 Å². The number of fused-ring (bicyclic) bond motifs is 1. The fourth-order valence-electron chi connectivity index (χ4n) is 4.11. The van der Waals surface area contributed by atoms with E-state index in [0.29, 0.717) is 11.3 Å². The molecule has 0 radical (unpaired) electrons. The Labute approximate surface area is 184 Å². The molecule has 2 atom stereocenters. The number of hydrogen-bond donors (Lipinski definition) is 0. The van der Waals surface area contributed by atoms with E-state index in [-0.39, 0.29) is 0 Å². The second kappa shape index (κ2) is 10.6. The summed E-state index contributed by atoms with van der Waals surface area (Å²) in [5.41, 5.74) is 2.75. The molecule has 0 aromatic heterocycles. The van der Waals surface area contributed by atoms with Crippen LogP contribution in [0.15, 0.2) is 77.9 Å². The van der Waals surface area contributed by atoms with Gasteiger partial charge in [0.2, 0.25) is 0 Å². The Kier molecular flexibility index (Phi) is 7.44. The Bertz CT molecular complexity index is 954. The maximum absolute atomic E-state index is 5.39. The van der Waals surface area contributed by atoms with Gasteiger partial charge in [-0.1, -0.05) is 72.8 Å². The first-order chi connectivity index (χ1) is 14.8. The highest BCUT2D eigenvalue weighted by Crippen LogP contribution is 2.26. The van der Waals surface area contributed by atoms with Crippen LogP contribution in [-0.2, 0) is 16.9 Å². The largest absolute Gasteiger partial charge is 0.382 e. The van der Waals surface area contributed by atoms with Crippen LogP contribution in [-0.4, -0.2) is 42.8 Å². The van der Waals surface area contributed by atoms with Crippen LogP contribution in [0.1, 0.15) is 24.0 Å². The second-order valence-corrected chi connectivity index (χ2v) is 9.08. The molecule has 0 aliphatic carbocycles. The van der Waals surface area contributed by atoms with E-state index in [9.17, 15) is 0 Å². The molecule has 0 unspecified atom stereocenters. The van der Waals surface area contributed by atoms with Crippen molar-refractivity contribution in [1.82, 2.24) is 5.01 Å². The summed E-state index contributed by atoms with van der Waals surface area (Å²) in [4.78, 5) is 0. The summed E-state index contributed by atoms with van der Waals surface area (Å²) in [5, 5.41) is 10.1. The van der Waals surface area contributed by atoms with Crippen LogP contribution in [0.4, 0.5) is 0 Å². The van der Waals surface area contributed by atoms with Gasteiger partial charge >= 0.3 is 0 Å². The minimum Gasteiger partial charge on any atom is -0.382 e. The average Bonchev–Trinajstić information content (AvgIpc) is 3.24. The Morgan fingerprint density at radius 3 is 2.73 bits per heavy atom. The van der Waals surface area contributed by atoms with Gasteiger partial charge in [-0.25, -0.2) is 0 Å². The fourth-order valence-corrected chi connectivity index (χ4v) is 5.15. The van der Waals surface area contributed by atoms with Gasteiger partial charge in [0.15, 0.2) is 0 Å². The fraction of sp³-hybridized carbons (Fsp3) is 0.346. The highest BCUT2D eigenvalue weighted by Gasteiger charge is 2.23. The van der Waals surface area contributed by atoms with Crippen molar-refractivity contribution in [3.63, 3.8) is 0 Å². The van der Waals surface area contributed by atoms with E-state index in [0.717, 1.165) is 31.7 Å². The topological polar surface area (TPSA) is 24.8 Å². The van der Waals surface area contributed by atoms with Gasteiger partial charge in [0.05, 0.1) is 12.6 Å². The van der Waals surface area contributed by atoms with Crippen LogP contribution in [0, 0.1) is 0 Å². The molecular formula is C26H30N2OS. The van der Waals surface area contributed by atoms with Gasteiger partial charge in [-0.15, -0.1) is 11.8 Å². The van der Waals surface area contributed by atoms with Crippen LogP contribution in [0.5, 0.6) is 0 Å².